The van der Waals surface area contributed by atoms with Crippen molar-refractivity contribution < 1.29 is 22.9 Å². The minimum atomic E-state index is -1.13. The van der Waals surface area contributed by atoms with E-state index in [0.29, 0.717) is 50.2 Å². The van der Waals surface area contributed by atoms with Gasteiger partial charge in [0.15, 0.2) is 6.17 Å². The average Bonchev–Trinajstić information content (AvgIpc) is 3.55. The second-order valence-corrected chi connectivity index (χ2v) is 15.7. The molecule has 10 nitrogen and oxygen atoms in total. The molecule has 0 radical (unpaired) electrons. The zero-order valence-corrected chi connectivity index (χ0v) is 31.5. The number of hydrogen-bond acceptors (Lipinski definition) is 7. The Morgan fingerprint density at radius 1 is 1.08 bits per heavy atom. The Labute approximate surface area is 295 Å². The third-order valence-corrected chi connectivity index (χ3v) is 11.7. The van der Waals surface area contributed by atoms with Crippen molar-refractivity contribution in [3.05, 3.63) is 11.8 Å². The normalized spacial score (nSPS) is 33.7. The van der Waals surface area contributed by atoms with Crippen LogP contribution in [0.2, 0.25) is 0 Å². The Morgan fingerprint density at radius 3 is 2.43 bits per heavy atom. The first-order chi connectivity index (χ1) is 23.4. The maximum Gasteiger partial charge on any atom is 0.228 e. The Bertz CT molecular complexity index is 1090. The highest BCUT2D eigenvalue weighted by atomic mass is 19.1. The summed E-state index contributed by atoms with van der Waals surface area (Å²) < 4.78 is 32.2. The van der Waals surface area contributed by atoms with Gasteiger partial charge in [-0.1, -0.05) is 53.4 Å². The Hall–Kier alpha value is -1.86. The van der Waals surface area contributed by atoms with Gasteiger partial charge in [-0.2, -0.15) is 0 Å². The third kappa shape index (κ3) is 10.4. The van der Waals surface area contributed by atoms with E-state index in [4.69, 9.17) is 5.73 Å². The summed E-state index contributed by atoms with van der Waals surface area (Å²) in [6.07, 6.45) is 6.18. The van der Waals surface area contributed by atoms with Crippen molar-refractivity contribution in [3.63, 3.8) is 0 Å². The Kier molecular flexibility index (Phi) is 15.1. The Morgan fingerprint density at radius 2 is 1.80 bits per heavy atom. The summed E-state index contributed by atoms with van der Waals surface area (Å²) >= 11 is 0. The second-order valence-electron chi connectivity index (χ2n) is 15.7. The molecule has 0 aromatic heterocycles. The standard InChI is InChI=1S/C37H68F2N8O2/c1-7-11-14-28(38)24-43(5)32-22-29(13-9-3)41-35(40)33(32)36(48)42-31-26-47(6,21-12-8-2)25-30(39)34(31)45-17-19-46(20-18-45)37(49)27-15-16-44(10-4)23-27/h22,27-28,30-35,41H,7-21,23-26,40H2,1-6H3/p+1. The van der Waals surface area contributed by atoms with Gasteiger partial charge in [0.05, 0.1) is 43.7 Å². The monoisotopic (exact) mass is 696 g/mol. The van der Waals surface area contributed by atoms with Crippen LogP contribution in [-0.4, -0.2) is 159 Å². The predicted molar refractivity (Wildman–Crippen MR) is 193 cm³/mol. The van der Waals surface area contributed by atoms with Gasteiger partial charge in [0, 0.05) is 51.0 Å². The van der Waals surface area contributed by atoms with Crippen molar-refractivity contribution in [2.75, 3.05) is 86.1 Å². The molecule has 4 aliphatic heterocycles. The molecule has 0 spiro atoms. The van der Waals surface area contributed by atoms with Crippen molar-refractivity contribution in [2.24, 2.45) is 17.6 Å². The van der Waals surface area contributed by atoms with Crippen molar-refractivity contribution >= 4 is 11.8 Å². The minimum absolute atomic E-state index is 0.0457. The number of carbonyl (C=O) groups is 2. The van der Waals surface area contributed by atoms with Crippen LogP contribution in [0.5, 0.6) is 0 Å². The summed E-state index contributed by atoms with van der Waals surface area (Å²) in [5, 5.41) is 6.70. The van der Waals surface area contributed by atoms with Crippen LogP contribution in [0.4, 0.5) is 8.78 Å². The zero-order chi connectivity index (χ0) is 35.7. The number of halogens is 2. The van der Waals surface area contributed by atoms with Crippen LogP contribution in [0.15, 0.2) is 11.8 Å². The molecule has 0 saturated carbocycles. The lowest BCUT2D eigenvalue weighted by atomic mass is 9.87. The fraction of sp³-hybridized carbons (Fsp3) is 0.892. The summed E-state index contributed by atoms with van der Waals surface area (Å²) in [4.78, 5) is 36.2. The van der Waals surface area contributed by atoms with Gasteiger partial charge >= 0.3 is 0 Å². The lowest BCUT2D eigenvalue weighted by molar-refractivity contribution is -0.918. The summed E-state index contributed by atoms with van der Waals surface area (Å²) in [5.74, 6) is -0.611. The number of amides is 2. The largest absolute Gasteiger partial charge is 0.373 e. The number of hydrogen-bond donors (Lipinski definition) is 3. The first-order valence-electron chi connectivity index (χ1n) is 19.5. The fourth-order valence-corrected chi connectivity index (χ4v) is 8.84. The molecule has 2 amide bonds. The van der Waals surface area contributed by atoms with E-state index in [1.165, 1.54) is 0 Å². The number of piperazine rings is 1. The van der Waals surface area contributed by atoms with Gasteiger partial charge < -0.3 is 30.7 Å². The van der Waals surface area contributed by atoms with Crippen LogP contribution >= 0.6 is 0 Å². The third-order valence-electron chi connectivity index (χ3n) is 11.7. The van der Waals surface area contributed by atoms with Gasteiger partial charge in [-0.3, -0.25) is 19.4 Å². The number of likely N-dealkylation sites (tertiary alicyclic amines) is 2. The van der Waals surface area contributed by atoms with Gasteiger partial charge in [-0.05, 0) is 51.9 Å². The molecule has 49 heavy (non-hydrogen) atoms. The molecular weight excluding hydrogens is 626 g/mol. The lowest BCUT2D eigenvalue weighted by Crippen LogP contribution is -2.73. The summed E-state index contributed by atoms with van der Waals surface area (Å²) in [6.45, 7) is 15.6. The van der Waals surface area contributed by atoms with E-state index in [1.807, 2.05) is 16.8 Å². The number of unbranched alkanes of at least 4 members (excludes halogenated alkanes) is 2. The number of alkyl halides is 2. The van der Waals surface area contributed by atoms with Gasteiger partial charge in [-0.25, -0.2) is 8.78 Å². The highest BCUT2D eigenvalue weighted by Gasteiger charge is 2.50. The maximum atomic E-state index is 16.6. The number of carbonyl (C=O) groups excluding carboxylic acids is 2. The number of piperidine rings is 1. The van der Waals surface area contributed by atoms with E-state index in [9.17, 15) is 9.59 Å². The van der Waals surface area contributed by atoms with Crippen LogP contribution in [0.1, 0.15) is 79.1 Å². The molecule has 282 valence electrons. The van der Waals surface area contributed by atoms with E-state index < -0.39 is 36.5 Å². The first kappa shape index (κ1) is 39.9. The van der Waals surface area contributed by atoms with Crippen molar-refractivity contribution in [1.29, 1.82) is 0 Å². The SMILES string of the molecule is CCCCC(F)CN(C)C1C=C(CCC)NC(N)C1C(=O)NC1C[N+](C)(CCCC)CC(F)C1N1CCN(C(=O)C2CCN(CC)C2)CC1. The number of likely N-dealkylation sites (N-methyl/N-ethyl adjacent to an activating group) is 2. The van der Waals surface area contributed by atoms with E-state index in [1.54, 1.807) is 0 Å². The molecule has 0 bridgehead atoms. The zero-order valence-electron chi connectivity index (χ0n) is 31.5. The average molecular weight is 696 g/mol. The number of nitrogens with zero attached hydrogens (tertiary/aromatic N) is 5. The molecular formula is C37H69F2N8O2+. The van der Waals surface area contributed by atoms with Crippen LogP contribution in [0, 0.1) is 11.8 Å². The maximum absolute atomic E-state index is 16.6. The number of quaternary nitrogens is 1. The van der Waals surface area contributed by atoms with E-state index in [0.717, 1.165) is 76.8 Å². The minimum Gasteiger partial charge on any atom is -0.373 e. The van der Waals surface area contributed by atoms with Crippen LogP contribution in [0.25, 0.3) is 0 Å². The topological polar surface area (TPSA) is 97.2 Å². The first-order valence-corrected chi connectivity index (χ1v) is 19.5. The number of allylic oxidation sites excluding steroid dienone is 1. The molecule has 4 heterocycles. The molecule has 9 unspecified atom stereocenters. The molecule has 9 atom stereocenters. The van der Waals surface area contributed by atoms with Crippen LogP contribution in [0.3, 0.4) is 0 Å². The number of nitrogens with two attached hydrogens (primary N) is 1. The van der Waals surface area contributed by atoms with Gasteiger partial charge in [0.2, 0.25) is 11.8 Å². The molecule has 4 N–H and O–H groups in total. The second kappa shape index (κ2) is 18.6. The number of nitrogens with one attached hydrogen (secondary N) is 2. The Balaban J connectivity index is 1.52. The van der Waals surface area contributed by atoms with Crippen LogP contribution < -0.4 is 16.4 Å². The van der Waals surface area contributed by atoms with Gasteiger partial charge in [0.1, 0.15) is 19.3 Å². The highest BCUT2D eigenvalue weighted by molar-refractivity contribution is 5.81. The molecule has 12 heteroatoms. The van der Waals surface area contributed by atoms with Crippen molar-refractivity contribution in [2.45, 2.75) is 116 Å². The van der Waals surface area contributed by atoms with Gasteiger partial charge in [-0.15, -0.1) is 0 Å². The molecule has 4 aliphatic rings. The van der Waals surface area contributed by atoms with Crippen molar-refractivity contribution in [3.8, 4) is 0 Å². The van der Waals surface area contributed by atoms with Gasteiger partial charge in [0.25, 0.3) is 0 Å². The van der Waals surface area contributed by atoms with Crippen LogP contribution in [-0.2, 0) is 9.59 Å². The predicted octanol–water partition coefficient (Wildman–Crippen LogP) is 2.94. The van der Waals surface area contributed by atoms with E-state index >= 15 is 8.78 Å². The fourth-order valence-electron chi connectivity index (χ4n) is 8.84. The molecule has 3 fully saturated rings. The lowest BCUT2D eigenvalue weighted by Gasteiger charge is -2.51. The highest BCUT2D eigenvalue weighted by Crippen LogP contribution is 2.29. The molecule has 3 saturated heterocycles. The smallest absolute Gasteiger partial charge is 0.228 e. The quantitative estimate of drug-likeness (QED) is 0.214. The van der Waals surface area contributed by atoms with E-state index in [2.05, 4.69) is 61.3 Å². The molecule has 0 aliphatic carbocycles. The number of rotatable bonds is 16. The molecule has 0 aromatic carbocycles. The van der Waals surface area contributed by atoms with Crippen molar-refractivity contribution in [1.82, 2.24) is 30.2 Å². The summed E-state index contributed by atoms with van der Waals surface area (Å²) in [7, 11) is 3.99. The summed E-state index contributed by atoms with van der Waals surface area (Å²) in [6, 6.07) is -1.29. The molecule has 4 rings (SSSR count). The molecule has 0 aromatic rings. The summed E-state index contributed by atoms with van der Waals surface area (Å²) in [5.41, 5.74) is 7.70. The van der Waals surface area contributed by atoms with E-state index in [-0.39, 0.29) is 30.3 Å².